The summed E-state index contributed by atoms with van der Waals surface area (Å²) in [5.41, 5.74) is 5.16. The Morgan fingerprint density at radius 1 is 1.15 bits per heavy atom. The van der Waals surface area contributed by atoms with Gasteiger partial charge in [0, 0.05) is 5.69 Å². The number of benzene rings is 2. The Labute approximate surface area is 160 Å². The van der Waals surface area contributed by atoms with E-state index in [9.17, 15) is 9.90 Å². The van der Waals surface area contributed by atoms with Gasteiger partial charge < -0.3 is 15.2 Å². The average Bonchev–Trinajstić information content (AvgIpc) is 3.11. The zero-order valence-corrected chi connectivity index (χ0v) is 16.2. The van der Waals surface area contributed by atoms with E-state index in [2.05, 4.69) is 31.3 Å². The predicted octanol–water partition coefficient (Wildman–Crippen LogP) is 5.53. The Kier molecular flexibility index (Phi) is 4.58. The number of anilines is 1. The minimum absolute atomic E-state index is 0.169. The molecular weight excluding hydrogens is 338 g/mol. The first kappa shape index (κ1) is 17.9. The average molecular weight is 365 g/mol. The lowest BCUT2D eigenvalue weighted by Crippen LogP contribution is -2.29. The van der Waals surface area contributed by atoms with Crippen LogP contribution in [0.4, 0.5) is 5.69 Å². The maximum Gasteiger partial charge on any atom is 0.335 e. The molecule has 0 spiro atoms. The molecule has 3 atom stereocenters. The molecule has 2 N–H and O–H groups in total. The van der Waals surface area contributed by atoms with Crippen molar-refractivity contribution in [1.82, 2.24) is 0 Å². The van der Waals surface area contributed by atoms with Crippen LogP contribution in [-0.4, -0.2) is 17.2 Å². The molecule has 1 aliphatic carbocycles. The van der Waals surface area contributed by atoms with Crippen molar-refractivity contribution in [3.05, 3.63) is 58.7 Å². The summed E-state index contributed by atoms with van der Waals surface area (Å²) in [5.74, 6) is 1.13. The van der Waals surface area contributed by atoms with Crippen LogP contribution in [0.25, 0.3) is 0 Å². The topological polar surface area (TPSA) is 58.6 Å². The lowest BCUT2D eigenvalue weighted by Gasteiger charge is -2.38. The molecule has 0 saturated heterocycles. The van der Waals surface area contributed by atoms with E-state index in [1.165, 1.54) is 36.1 Å². The molecule has 142 valence electrons. The number of carboxylic acids is 1. The number of hydrogen-bond donors (Lipinski definition) is 2. The smallest absolute Gasteiger partial charge is 0.335 e. The molecule has 0 unspecified atom stereocenters. The Morgan fingerprint density at radius 2 is 1.96 bits per heavy atom. The third-order valence-electron chi connectivity index (χ3n) is 5.95. The van der Waals surface area contributed by atoms with Crippen LogP contribution in [0.5, 0.6) is 5.75 Å². The molecule has 0 amide bonds. The summed E-state index contributed by atoms with van der Waals surface area (Å²) in [7, 11) is 0. The van der Waals surface area contributed by atoms with Crippen LogP contribution >= 0.6 is 0 Å². The quantitative estimate of drug-likeness (QED) is 0.748. The van der Waals surface area contributed by atoms with Crippen molar-refractivity contribution in [1.29, 1.82) is 0 Å². The van der Waals surface area contributed by atoms with Crippen molar-refractivity contribution in [2.45, 2.75) is 58.1 Å². The zero-order chi connectivity index (χ0) is 19.1. The number of rotatable bonds is 4. The van der Waals surface area contributed by atoms with Gasteiger partial charge in [-0.3, -0.25) is 0 Å². The molecule has 4 nitrogen and oxygen atoms in total. The summed E-state index contributed by atoms with van der Waals surface area (Å²) >= 11 is 0. The molecule has 1 saturated carbocycles. The number of aromatic carboxylic acids is 1. The first-order valence-corrected chi connectivity index (χ1v) is 9.85. The number of carbonyl (C=O) groups is 1. The second-order valence-corrected chi connectivity index (χ2v) is 8.12. The van der Waals surface area contributed by atoms with Gasteiger partial charge in [0.05, 0.1) is 17.7 Å². The van der Waals surface area contributed by atoms with E-state index in [1.807, 2.05) is 19.1 Å². The number of aryl methyl sites for hydroxylation is 1. The van der Waals surface area contributed by atoms with E-state index in [0.717, 1.165) is 11.3 Å². The molecule has 2 aliphatic rings. The van der Waals surface area contributed by atoms with E-state index in [-0.39, 0.29) is 12.1 Å². The number of ether oxygens (including phenoxy) is 1. The van der Waals surface area contributed by atoms with E-state index in [0.29, 0.717) is 17.4 Å². The van der Waals surface area contributed by atoms with Crippen LogP contribution in [0.2, 0.25) is 0 Å². The molecule has 0 bridgehead atoms. The summed E-state index contributed by atoms with van der Waals surface area (Å²) in [6.45, 7) is 6.12. The van der Waals surface area contributed by atoms with E-state index < -0.39 is 5.97 Å². The minimum atomic E-state index is -0.872. The molecule has 0 aromatic heterocycles. The van der Waals surface area contributed by atoms with Gasteiger partial charge in [-0.1, -0.05) is 12.5 Å². The van der Waals surface area contributed by atoms with Crippen LogP contribution in [0.15, 0.2) is 36.4 Å². The highest BCUT2D eigenvalue weighted by Gasteiger charge is 2.40. The van der Waals surface area contributed by atoms with Crippen LogP contribution < -0.4 is 10.1 Å². The van der Waals surface area contributed by atoms with Gasteiger partial charge in [-0.15, -0.1) is 0 Å². The van der Waals surface area contributed by atoms with E-state index in [4.69, 9.17) is 4.74 Å². The second kappa shape index (κ2) is 6.91. The van der Waals surface area contributed by atoms with Crippen molar-refractivity contribution in [3.63, 3.8) is 0 Å². The molecule has 1 heterocycles. The molecule has 27 heavy (non-hydrogen) atoms. The number of carboxylic acid groups (broad SMARTS) is 1. The maximum atomic E-state index is 11.3. The first-order valence-electron chi connectivity index (χ1n) is 9.85. The Bertz CT molecular complexity index is 874. The van der Waals surface area contributed by atoms with E-state index in [1.54, 1.807) is 12.1 Å². The van der Waals surface area contributed by atoms with Crippen LogP contribution in [-0.2, 0) is 0 Å². The normalized spacial score (nSPS) is 23.5. The van der Waals surface area contributed by atoms with Gasteiger partial charge in [0.1, 0.15) is 5.75 Å². The Hall–Kier alpha value is -2.49. The molecular formula is C23H27NO3. The lowest BCUT2D eigenvalue weighted by atomic mass is 9.76. The highest BCUT2D eigenvalue weighted by Crippen LogP contribution is 2.53. The molecule has 1 fully saturated rings. The van der Waals surface area contributed by atoms with Crippen molar-refractivity contribution in [3.8, 4) is 5.75 Å². The van der Waals surface area contributed by atoms with Gasteiger partial charge >= 0.3 is 5.97 Å². The first-order chi connectivity index (χ1) is 12.9. The number of hydrogen-bond acceptors (Lipinski definition) is 3. The third-order valence-corrected chi connectivity index (χ3v) is 5.95. The second-order valence-electron chi connectivity index (χ2n) is 8.12. The van der Waals surface area contributed by atoms with E-state index >= 15 is 0 Å². The maximum absolute atomic E-state index is 11.3. The summed E-state index contributed by atoms with van der Waals surface area (Å²) in [4.78, 5) is 11.3. The fourth-order valence-corrected chi connectivity index (χ4v) is 4.84. The van der Waals surface area contributed by atoms with Crippen molar-refractivity contribution >= 4 is 11.7 Å². The van der Waals surface area contributed by atoms with Crippen LogP contribution in [0, 0.1) is 12.8 Å². The van der Waals surface area contributed by atoms with Gasteiger partial charge in [0.25, 0.3) is 0 Å². The third kappa shape index (κ3) is 3.29. The molecule has 2 aromatic carbocycles. The van der Waals surface area contributed by atoms with Gasteiger partial charge in [-0.25, -0.2) is 4.79 Å². The highest BCUT2D eigenvalue weighted by molar-refractivity contribution is 5.88. The summed E-state index contributed by atoms with van der Waals surface area (Å²) < 4.78 is 5.91. The Balaban J connectivity index is 1.70. The molecule has 1 aliphatic heterocycles. The predicted molar refractivity (Wildman–Crippen MR) is 107 cm³/mol. The van der Waals surface area contributed by atoms with Crippen molar-refractivity contribution in [2.75, 3.05) is 5.32 Å². The van der Waals surface area contributed by atoms with Gasteiger partial charge in [0.2, 0.25) is 0 Å². The van der Waals surface area contributed by atoms with Gasteiger partial charge in [0.15, 0.2) is 0 Å². The minimum Gasteiger partial charge on any atom is -0.491 e. The van der Waals surface area contributed by atoms with Crippen LogP contribution in [0.1, 0.15) is 72.1 Å². The molecule has 2 aromatic rings. The Morgan fingerprint density at radius 3 is 2.67 bits per heavy atom. The fraction of sp³-hybridized carbons (Fsp3) is 0.435. The highest BCUT2D eigenvalue weighted by atomic mass is 16.5. The van der Waals surface area contributed by atoms with Gasteiger partial charge in [-0.05, 0) is 92.5 Å². The molecule has 4 rings (SSSR count). The standard InChI is InChI=1S/C23H27NO3/c1-13(2)27-16-8-10-21-20(12-16)18-5-4-6-19(18)22(24-21)17-9-7-15(23(25)26)11-14(17)3/h7-13,18-19,22,24H,4-6H2,1-3H3,(H,25,26)/t18-,19+,22+/m1/s1. The number of fused-ring (bicyclic) bond motifs is 3. The monoisotopic (exact) mass is 365 g/mol. The largest absolute Gasteiger partial charge is 0.491 e. The SMILES string of the molecule is Cc1cc(C(=O)O)ccc1[C@@H]1Nc2ccc(OC(C)C)cc2[C@@H]2CCC[C@@H]21. The molecule has 4 heteroatoms. The summed E-state index contributed by atoms with van der Waals surface area (Å²) in [6.07, 6.45) is 3.79. The van der Waals surface area contributed by atoms with Crippen LogP contribution in [0.3, 0.4) is 0 Å². The zero-order valence-electron chi connectivity index (χ0n) is 16.2. The fourth-order valence-electron chi connectivity index (χ4n) is 4.84. The lowest BCUT2D eigenvalue weighted by molar-refractivity contribution is 0.0696. The van der Waals surface area contributed by atoms with Gasteiger partial charge in [-0.2, -0.15) is 0 Å². The summed E-state index contributed by atoms with van der Waals surface area (Å²) in [5, 5.41) is 13.0. The summed E-state index contributed by atoms with van der Waals surface area (Å²) in [6, 6.07) is 12.1. The van der Waals surface area contributed by atoms with Crippen molar-refractivity contribution in [2.24, 2.45) is 5.92 Å². The number of nitrogens with one attached hydrogen (secondary N) is 1. The van der Waals surface area contributed by atoms with Crippen molar-refractivity contribution < 1.29 is 14.6 Å². The molecule has 0 radical (unpaired) electrons.